The minimum absolute atomic E-state index is 0.00933. The van der Waals surface area contributed by atoms with E-state index in [0.717, 1.165) is 12.8 Å². The van der Waals surface area contributed by atoms with Crippen LogP contribution in [0.25, 0.3) is 0 Å². The van der Waals surface area contributed by atoms with Crippen LogP contribution in [0.2, 0.25) is 0 Å². The van der Waals surface area contributed by atoms with E-state index in [1.807, 2.05) is 18.2 Å². The van der Waals surface area contributed by atoms with Crippen molar-refractivity contribution in [3.63, 3.8) is 0 Å². The average molecular weight is 208 g/mol. The average Bonchev–Trinajstić information content (AvgIpc) is 2.27. The summed E-state index contributed by atoms with van der Waals surface area (Å²) in [5.74, 6) is 0. The summed E-state index contributed by atoms with van der Waals surface area (Å²) in [6.45, 7) is 6.32. The normalized spacial score (nSPS) is 13.9. The Balaban J connectivity index is 2.70. The van der Waals surface area contributed by atoms with Gasteiger partial charge in [-0.05, 0) is 17.4 Å². The molecule has 0 saturated carbocycles. The van der Waals surface area contributed by atoms with Crippen molar-refractivity contribution in [2.75, 3.05) is 0 Å². The van der Waals surface area contributed by atoms with E-state index in [1.165, 1.54) is 5.56 Å². The van der Waals surface area contributed by atoms with E-state index < -0.39 is 0 Å². The molecule has 15 heavy (non-hydrogen) atoms. The van der Waals surface area contributed by atoms with Gasteiger partial charge >= 0.3 is 0 Å². The Labute approximate surface area is 91.8 Å². The zero-order valence-electron chi connectivity index (χ0n) is 9.73. The summed E-state index contributed by atoms with van der Waals surface area (Å²) in [6, 6.07) is 10.1. The van der Waals surface area contributed by atoms with Gasteiger partial charge in [0.15, 0.2) is 0 Å². The molecule has 1 rings (SSSR count). The second-order valence-corrected chi connectivity index (χ2v) is 4.63. The van der Waals surface area contributed by atoms with Gasteiger partial charge in [-0.25, -0.2) is 4.89 Å². The summed E-state index contributed by atoms with van der Waals surface area (Å²) in [6.07, 6.45) is 1.58. The molecule has 0 radical (unpaired) electrons. The van der Waals surface area contributed by atoms with E-state index in [2.05, 4.69) is 37.8 Å². The molecular weight excluding hydrogens is 188 g/mol. The zero-order valence-corrected chi connectivity index (χ0v) is 9.73. The molecule has 0 saturated heterocycles. The molecule has 2 nitrogen and oxygen atoms in total. The third-order valence-corrected chi connectivity index (χ3v) is 3.17. The second kappa shape index (κ2) is 5.29. The van der Waals surface area contributed by atoms with Gasteiger partial charge in [-0.15, -0.1) is 0 Å². The Bertz CT molecular complexity index is 280. The molecule has 0 aliphatic heterocycles. The highest BCUT2D eigenvalue weighted by molar-refractivity contribution is 5.16. The highest BCUT2D eigenvalue weighted by atomic mass is 17.1. The first-order chi connectivity index (χ1) is 7.10. The Hall–Kier alpha value is -0.860. The maximum atomic E-state index is 8.95. The predicted octanol–water partition coefficient (Wildman–Crippen LogP) is 3.52. The number of rotatable bonds is 5. The summed E-state index contributed by atoms with van der Waals surface area (Å²) < 4.78 is 0. The molecule has 1 unspecified atom stereocenters. The van der Waals surface area contributed by atoms with Crippen molar-refractivity contribution >= 4 is 0 Å². The molecule has 0 bridgehead atoms. The van der Waals surface area contributed by atoms with Crippen molar-refractivity contribution in [1.29, 1.82) is 0 Å². The van der Waals surface area contributed by atoms with Gasteiger partial charge in [-0.2, -0.15) is 0 Å². The van der Waals surface area contributed by atoms with Crippen LogP contribution in [0.15, 0.2) is 30.3 Å². The fourth-order valence-corrected chi connectivity index (χ4v) is 1.51. The molecule has 0 fully saturated rings. The Morgan fingerprint density at radius 3 is 2.33 bits per heavy atom. The summed E-state index contributed by atoms with van der Waals surface area (Å²) in [4.78, 5) is 4.61. The summed E-state index contributed by atoms with van der Waals surface area (Å²) in [5, 5.41) is 8.95. The van der Waals surface area contributed by atoms with Crippen LogP contribution in [-0.4, -0.2) is 11.4 Å². The minimum Gasteiger partial charge on any atom is -0.252 e. The van der Waals surface area contributed by atoms with Crippen LogP contribution in [-0.2, 0) is 11.3 Å². The van der Waals surface area contributed by atoms with Crippen LogP contribution in [0.1, 0.15) is 32.8 Å². The first-order valence-corrected chi connectivity index (χ1v) is 5.44. The van der Waals surface area contributed by atoms with Crippen molar-refractivity contribution in [2.24, 2.45) is 5.41 Å². The SMILES string of the molecule is CCC(C)(C)C(Cc1ccccc1)OO. The zero-order chi connectivity index (χ0) is 11.3. The first-order valence-electron chi connectivity index (χ1n) is 5.44. The smallest absolute Gasteiger partial charge is 0.102 e. The van der Waals surface area contributed by atoms with Crippen molar-refractivity contribution in [3.8, 4) is 0 Å². The second-order valence-electron chi connectivity index (χ2n) is 4.63. The molecular formula is C13H20O2. The fraction of sp³-hybridized carbons (Fsp3) is 0.538. The fourth-order valence-electron chi connectivity index (χ4n) is 1.51. The Morgan fingerprint density at radius 2 is 1.87 bits per heavy atom. The maximum Gasteiger partial charge on any atom is 0.102 e. The quantitative estimate of drug-likeness (QED) is 0.592. The van der Waals surface area contributed by atoms with Gasteiger partial charge in [0.1, 0.15) is 6.10 Å². The summed E-state index contributed by atoms with van der Waals surface area (Å²) >= 11 is 0. The van der Waals surface area contributed by atoms with Crippen molar-refractivity contribution in [3.05, 3.63) is 35.9 Å². The standard InChI is InChI=1S/C13H20O2/c1-4-13(2,3)12(15-14)10-11-8-6-5-7-9-11/h5-9,12,14H,4,10H2,1-3H3. The van der Waals surface area contributed by atoms with Crippen LogP contribution in [0, 0.1) is 5.41 Å². The van der Waals surface area contributed by atoms with Gasteiger partial charge < -0.3 is 0 Å². The maximum absolute atomic E-state index is 8.95. The van der Waals surface area contributed by atoms with Crippen LogP contribution >= 0.6 is 0 Å². The monoisotopic (exact) mass is 208 g/mol. The molecule has 1 N–H and O–H groups in total. The Kier molecular flexibility index (Phi) is 4.30. The Morgan fingerprint density at radius 1 is 1.27 bits per heavy atom. The molecule has 84 valence electrons. The predicted molar refractivity (Wildman–Crippen MR) is 61.7 cm³/mol. The molecule has 0 aliphatic rings. The lowest BCUT2D eigenvalue weighted by Crippen LogP contribution is -2.32. The summed E-state index contributed by atoms with van der Waals surface area (Å²) in [5.41, 5.74) is 1.18. The van der Waals surface area contributed by atoms with E-state index in [1.54, 1.807) is 0 Å². The topological polar surface area (TPSA) is 29.5 Å². The van der Waals surface area contributed by atoms with Gasteiger partial charge in [-0.1, -0.05) is 51.1 Å². The third-order valence-electron chi connectivity index (χ3n) is 3.17. The lowest BCUT2D eigenvalue weighted by molar-refractivity contribution is -0.301. The van der Waals surface area contributed by atoms with Gasteiger partial charge in [-0.3, -0.25) is 5.26 Å². The molecule has 0 spiro atoms. The van der Waals surface area contributed by atoms with E-state index >= 15 is 0 Å². The highest BCUT2D eigenvalue weighted by Gasteiger charge is 2.29. The first kappa shape index (κ1) is 12.2. The third kappa shape index (κ3) is 3.33. The highest BCUT2D eigenvalue weighted by Crippen LogP contribution is 2.29. The molecule has 1 aromatic carbocycles. The molecule has 1 atom stereocenters. The number of hydrogen-bond donors (Lipinski definition) is 1. The lowest BCUT2D eigenvalue weighted by Gasteiger charge is -2.30. The van der Waals surface area contributed by atoms with E-state index in [4.69, 9.17) is 5.26 Å². The van der Waals surface area contributed by atoms with Gasteiger partial charge in [0.25, 0.3) is 0 Å². The van der Waals surface area contributed by atoms with Gasteiger partial charge in [0.05, 0.1) is 0 Å². The van der Waals surface area contributed by atoms with E-state index in [9.17, 15) is 0 Å². The van der Waals surface area contributed by atoms with Crippen LogP contribution in [0.5, 0.6) is 0 Å². The van der Waals surface area contributed by atoms with Crippen LogP contribution in [0.3, 0.4) is 0 Å². The molecule has 2 heteroatoms. The van der Waals surface area contributed by atoms with Gasteiger partial charge in [0, 0.05) is 6.42 Å². The molecule has 1 aromatic rings. The number of hydrogen-bond acceptors (Lipinski definition) is 2. The van der Waals surface area contributed by atoms with Crippen molar-refractivity contribution in [2.45, 2.75) is 39.7 Å². The lowest BCUT2D eigenvalue weighted by atomic mass is 9.81. The van der Waals surface area contributed by atoms with Crippen molar-refractivity contribution < 1.29 is 10.1 Å². The van der Waals surface area contributed by atoms with Crippen LogP contribution in [0.4, 0.5) is 0 Å². The van der Waals surface area contributed by atoms with Crippen molar-refractivity contribution in [1.82, 2.24) is 0 Å². The van der Waals surface area contributed by atoms with Crippen LogP contribution < -0.4 is 0 Å². The van der Waals surface area contributed by atoms with E-state index in [-0.39, 0.29) is 11.5 Å². The molecule has 0 heterocycles. The van der Waals surface area contributed by atoms with Gasteiger partial charge in [0.2, 0.25) is 0 Å². The molecule has 0 aromatic heterocycles. The largest absolute Gasteiger partial charge is 0.252 e. The minimum atomic E-state index is -0.148. The number of benzene rings is 1. The molecule has 0 aliphatic carbocycles. The van der Waals surface area contributed by atoms with E-state index in [0.29, 0.717) is 0 Å². The molecule has 0 amide bonds. The summed E-state index contributed by atoms with van der Waals surface area (Å²) in [7, 11) is 0.